The molecule has 29 heavy (non-hydrogen) atoms. The second-order valence-electron chi connectivity index (χ2n) is 8.05. The summed E-state index contributed by atoms with van der Waals surface area (Å²) < 4.78 is 5.28. The molecule has 3 amide bonds. The van der Waals surface area contributed by atoms with Crippen molar-refractivity contribution in [2.45, 2.75) is 25.4 Å². The zero-order chi connectivity index (χ0) is 20.0. The lowest BCUT2D eigenvalue weighted by Crippen LogP contribution is -2.51. The van der Waals surface area contributed by atoms with Crippen LogP contribution in [0, 0.1) is 23.7 Å². The number of imide groups is 1. The highest BCUT2D eigenvalue weighted by molar-refractivity contribution is 6.09. The van der Waals surface area contributed by atoms with Crippen molar-refractivity contribution < 1.29 is 18.8 Å². The summed E-state index contributed by atoms with van der Waals surface area (Å²) in [5, 5.41) is 2.83. The zero-order valence-corrected chi connectivity index (χ0v) is 15.9. The van der Waals surface area contributed by atoms with Crippen molar-refractivity contribution in [3.63, 3.8) is 0 Å². The maximum Gasteiger partial charge on any atom is 0.244 e. The van der Waals surface area contributed by atoms with E-state index in [1.54, 1.807) is 18.4 Å². The molecule has 1 aromatic heterocycles. The first-order chi connectivity index (χ1) is 14.1. The fraction of sp³-hybridized carbons (Fsp3) is 0.348. The second kappa shape index (κ2) is 7.03. The number of nitrogens with zero attached hydrogens (tertiary/aromatic N) is 1. The molecule has 1 aromatic carbocycles. The maximum absolute atomic E-state index is 13.2. The van der Waals surface area contributed by atoms with Crippen molar-refractivity contribution in [1.82, 2.24) is 10.2 Å². The number of fused-ring (bicyclic) bond motifs is 5. The van der Waals surface area contributed by atoms with E-state index >= 15 is 0 Å². The van der Waals surface area contributed by atoms with E-state index in [0.717, 1.165) is 12.0 Å². The molecule has 1 saturated carbocycles. The molecular weight excluding hydrogens is 368 g/mol. The van der Waals surface area contributed by atoms with Crippen LogP contribution in [0.1, 0.15) is 17.7 Å². The summed E-state index contributed by atoms with van der Waals surface area (Å²) in [5.41, 5.74) is 0.907. The first kappa shape index (κ1) is 17.9. The molecule has 2 fully saturated rings. The van der Waals surface area contributed by atoms with Gasteiger partial charge in [-0.05, 0) is 36.0 Å². The number of allylic oxidation sites excluding steroid dienone is 2. The van der Waals surface area contributed by atoms with E-state index < -0.39 is 6.04 Å². The normalized spacial score (nSPS) is 28.1. The van der Waals surface area contributed by atoms with Gasteiger partial charge in [-0.25, -0.2) is 0 Å². The summed E-state index contributed by atoms with van der Waals surface area (Å²) >= 11 is 0. The molecule has 3 aliphatic rings. The molecule has 6 nitrogen and oxygen atoms in total. The number of likely N-dealkylation sites (tertiary alicyclic amines) is 1. The SMILES string of the molecule is O=C(NCc1ccco1)[C@H](Cc1ccccc1)N1C(=O)[C@@H]2[C@H](C1=O)[C@H]1C=C[C@@H]2C1. The Kier molecular flexibility index (Phi) is 4.34. The number of benzene rings is 1. The Labute approximate surface area is 168 Å². The summed E-state index contributed by atoms with van der Waals surface area (Å²) in [6.07, 6.45) is 6.83. The van der Waals surface area contributed by atoms with Crippen LogP contribution in [0.3, 0.4) is 0 Å². The van der Waals surface area contributed by atoms with E-state index in [4.69, 9.17) is 4.42 Å². The molecule has 0 unspecified atom stereocenters. The highest BCUT2D eigenvalue weighted by Gasteiger charge is 2.61. The number of furan rings is 1. The first-order valence-corrected chi connectivity index (χ1v) is 10.0. The van der Waals surface area contributed by atoms with Crippen LogP contribution >= 0.6 is 0 Å². The van der Waals surface area contributed by atoms with Crippen molar-refractivity contribution >= 4 is 17.7 Å². The van der Waals surface area contributed by atoms with Crippen LogP contribution in [-0.2, 0) is 27.3 Å². The quantitative estimate of drug-likeness (QED) is 0.606. The third-order valence-electron chi connectivity index (χ3n) is 6.41. The highest BCUT2D eigenvalue weighted by atomic mass is 16.3. The highest BCUT2D eigenvalue weighted by Crippen LogP contribution is 2.52. The van der Waals surface area contributed by atoms with E-state index in [1.165, 1.54) is 4.90 Å². The van der Waals surface area contributed by atoms with E-state index in [-0.39, 0.29) is 47.9 Å². The Balaban J connectivity index is 1.41. The summed E-state index contributed by atoms with van der Waals surface area (Å²) in [4.78, 5) is 40.8. The number of nitrogens with one attached hydrogen (secondary N) is 1. The van der Waals surface area contributed by atoms with Crippen LogP contribution in [0.4, 0.5) is 0 Å². The molecule has 148 valence electrons. The standard InChI is InChI=1S/C23H22N2O4/c26-21(24-13-17-7-4-10-29-17)18(11-14-5-2-1-3-6-14)25-22(27)19-15-8-9-16(12-15)20(19)23(25)28/h1-10,15-16,18-20H,11-13H2,(H,24,26)/t15-,16+,18-,19+,20-/m0/s1. The minimum atomic E-state index is -0.864. The van der Waals surface area contributed by atoms with Gasteiger partial charge in [0.2, 0.25) is 17.7 Å². The van der Waals surface area contributed by atoms with Crippen molar-refractivity contribution in [2.24, 2.45) is 23.7 Å². The van der Waals surface area contributed by atoms with Crippen LogP contribution in [0.5, 0.6) is 0 Å². The minimum Gasteiger partial charge on any atom is -0.467 e. The van der Waals surface area contributed by atoms with Gasteiger partial charge in [0.1, 0.15) is 11.8 Å². The molecule has 1 N–H and O–H groups in total. The van der Waals surface area contributed by atoms with E-state index in [9.17, 15) is 14.4 Å². The molecule has 0 radical (unpaired) electrons. The van der Waals surface area contributed by atoms with Crippen molar-refractivity contribution in [3.8, 4) is 0 Å². The van der Waals surface area contributed by atoms with Crippen LogP contribution in [0.15, 0.2) is 65.3 Å². The van der Waals surface area contributed by atoms with Gasteiger partial charge in [-0.1, -0.05) is 42.5 Å². The van der Waals surface area contributed by atoms with Gasteiger partial charge >= 0.3 is 0 Å². The van der Waals surface area contributed by atoms with Gasteiger partial charge in [0, 0.05) is 6.42 Å². The molecule has 2 bridgehead atoms. The maximum atomic E-state index is 13.2. The van der Waals surface area contributed by atoms with E-state index in [0.29, 0.717) is 12.2 Å². The van der Waals surface area contributed by atoms with E-state index in [1.807, 2.05) is 30.3 Å². The molecule has 1 saturated heterocycles. The summed E-state index contributed by atoms with van der Waals surface area (Å²) in [5.74, 6) is -0.508. The Hall–Kier alpha value is -3.15. The van der Waals surface area contributed by atoms with Crippen LogP contribution in [0.2, 0.25) is 0 Å². The largest absolute Gasteiger partial charge is 0.467 e. The predicted octanol–water partition coefficient (Wildman–Crippen LogP) is 2.31. The predicted molar refractivity (Wildman–Crippen MR) is 104 cm³/mol. The average Bonchev–Trinajstić information content (AvgIpc) is 3.51. The third-order valence-corrected chi connectivity index (χ3v) is 6.41. The Morgan fingerprint density at radius 2 is 1.72 bits per heavy atom. The van der Waals surface area contributed by atoms with Crippen molar-refractivity contribution in [1.29, 1.82) is 0 Å². The van der Waals surface area contributed by atoms with E-state index in [2.05, 4.69) is 17.5 Å². The molecule has 2 aliphatic carbocycles. The molecule has 6 heteroatoms. The van der Waals surface area contributed by atoms with Gasteiger partial charge in [0.15, 0.2) is 0 Å². The Bertz CT molecular complexity index is 936. The molecular formula is C23H22N2O4. The number of carbonyl (C=O) groups excluding carboxylic acids is 3. The molecule has 5 atom stereocenters. The lowest BCUT2D eigenvalue weighted by molar-refractivity contribution is -0.148. The van der Waals surface area contributed by atoms with Gasteiger partial charge in [-0.15, -0.1) is 0 Å². The minimum absolute atomic E-state index is 0.120. The molecule has 2 aromatic rings. The second-order valence-corrected chi connectivity index (χ2v) is 8.05. The zero-order valence-electron chi connectivity index (χ0n) is 15.9. The fourth-order valence-electron chi connectivity index (χ4n) is 5.08. The first-order valence-electron chi connectivity index (χ1n) is 10.0. The van der Waals surface area contributed by atoms with Crippen LogP contribution < -0.4 is 5.32 Å². The number of amides is 3. The summed E-state index contributed by atoms with van der Waals surface area (Å²) in [6.45, 7) is 0.215. The number of hydrogen-bond acceptors (Lipinski definition) is 4. The lowest BCUT2D eigenvalue weighted by atomic mass is 9.85. The van der Waals surface area contributed by atoms with Crippen LogP contribution in [0.25, 0.3) is 0 Å². The van der Waals surface area contributed by atoms with Gasteiger partial charge in [0.05, 0.1) is 24.6 Å². The average molecular weight is 390 g/mol. The Morgan fingerprint density at radius 1 is 1.03 bits per heavy atom. The van der Waals surface area contributed by atoms with Crippen molar-refractivity contribution in [3.05, 3.63) is 72.2 Å². The monoisotopic (exact) mass is 390 g/mol. The van der Waals surface area contributed by atoms with Crippen molar-refractivity contribution in [2.75, 3.05) is 0 Å². The molecule has 5 rings (SSSR count). The van der Waals surface area contributed by atoms with Gasteiger partial charge in [0.25, 0.3) is 0 Å². The smallest absolute Gasteiger partial charge is 0.244 e. The van der Waals surface area contributed by atoms with Gasteiger partial charge in [-0.3, -0.25) is 19.3 Å². The number of carbonyl (C=O) groups is 3. The number of rotatable bonds is 6. The summed E-state index contributed by atoms with van der Waals surface area (Å²) in [7, 11) is 0. The number of hydrogen-bond donors (Lipinski definition) is 1. The van der Waals surface area contributed by atoms with Gasteiger partial charge in [-0.2, -0.15) is 0 Å². The third kappa shape index (κ3) is 2.99. The molecule has 0 spiro atoms. The lowest BCUT2D eigenvalue weighted by Gasteiger charge is -2.27. The molecule has 1 aliphatic heterocycles. The van der Waals surface area contributed by atoms with Gasteiger partial charge < -0.3 is 9.73 Å². The Morgan fingerprint density at radius 3 is 2.34 bits per heavy atom. The summed E-state index contributed by atoms with van der Waals surface area (Å²) in [6, 6.07) is 12.1. The van der Waals surface area contributed by atoms with Crippen LogP contribution in [-0.4, -0.2) is 28.7 Å². The fourth-order valence-corrected chi connectivity index (χ4v) is 5.08. The topological polar surface area (TPSA) is 79.6 Å². The molecule has 2 heterocycles.